The van der Waals surface area contributed by atoms with Crippen molar-refractivity contribution in [2.45, 2.75) is 18.5 Å². The van der Waals surface area contributed by atoms with Crippen LogP contribution in [0.25, 0.3) is 0 Å². The van der Waals surface area contributed by atoms with E-state index < -0.39 is 11.6 Å². The number of nitrogen functional groups attached to an aromatic ring is 1. The maximum absolute atomic E-state index is 13.8. The summed E-state index contributed by atoms with van der Waals surface area (Å²) in [5.41, 5.74) is 5.61. The summed E-state index contributed by atoms with van der Waals surface area (Å²) in [7, 11) is 2.06. The second kappa shape index (κ2) is 3.57. The summed E-state index contributed by atoms with van der Waals surface area (Å²) in [4.78, 5) is 4.06. The van der Waals surface area contributed by atoms with Crippen molar-refractivity contribution in [3.8, 4) is 0 Å². The number of piperazine rings is 1. The number of hydrogen-bond donors (Lipinski definition) is 1. The predicted molar refractivity (Wildman–Crippen MR) is 62.9 cm³/mol. The van der Waals surface area contributed by atoms with Crippen molar-refractivity contribution >= 4 is 11.4 Å². The molecule has 92 valence electrons. The van der Waals surface area contributed by atoms with Crippen molar-refractivity contribution in [2.75, 3.05) is 30.8 Å². The second-order valence-corrected chi connectivity index (χ2v) is 4.95. The van der Waals surface area contributed by atoms with Gasteiger partial charge in [-0.15, -0.1) is 0 Å². The van der Waals surface area contributed by atoms with Gasteiger partial charge in [-0.25, -0.2) is 8.78 Å². The average molecular weight is 239 g/mol. The minimum absolute atomic E-state index is 0.0713. The fourth-order valence-electron chi connectivity index (χ4n) is 2.87. The van der Waals surface area contributed by atoms with E-state index in [9.17, 15) is 8.78 Å². The first-order chi connectivity index (χ1) is 8.06. The van der Waals surface area contributed by atoms with Gasteiger partial charge in [0.2, 0.25) is 0 Å². The van der Waals surface area contributed by atoms with Gasteiger partial charge in [-0.2, -0.15) is 0 Å². The highest BCUT2D eigenvalue weighted by atomic mass is 19.1. The van der Waals surface area contributed by atoms with Gasteiger partial charge in [-0.1, -0.05) is 0 Å². The van der Waals surface area contributed by atoms with E-state index in [4.69, 9.17) is 5.73 Å². The molecular weight excluding hydrogens is 224 g/mol. The third kappa shape index (κ3) is 1.57. The summed E-state index contributed by atoms with van der Waals surface area (Å²) in [6, 6.07) is 3.21. The van der Waals surface area contributed by atoms with Gasteiger partial charge in [0.25, 0.3) is 0 Å². The summed E-state index contributed by atoms with van der Waals surface area (Å²) in [6.45, 7) is 1.37. The Morgan fingerprint density at radius 1 is 1.18 bits per heavy atom. The molecule has 3 saturated heterocycles. The van der Waals surface area contributed by atoms with Gasteiger partial charge in [0.05, 0.1) is 0 Å². The minimum atomic E-state index is -0.563. The van der Waals surface area contributed by atoms with E-state index in [-0.39, 0.29) is 11.4 Å². The van der Waals surface area contributed by atoms with Crippen molar-refractivity contribution < 1.29 is 8.78 Å². The van der Waals surface area contributed by atoms with Crippen LogP contribution in [0, 0.1) is 11.6 Å². The van der Waals surface area contributed by atoms with Crippen LogP contribution < -0.4 is 10.6 Å². The molecule has 1 aromatic carbocycles. The zero-order valence-corrected chi connectivity index (χ0v) is 9.66. The van der Waals surface area contributed by atoms with Gasteiger partial charge >= 0.3 is 0 Å². The standard InChI is InChI=1S/C12H15F2N3/c1-16-8-4-9(16)6-17(5-8)12-10(13)2-7(15)3-11(12)14/h2-3,8-9H,4-6,15H2,1H3. The molecule has 3 fully saturated rings. The van der Waals surface area contributed by atoms with Gasteiger partial charge < -0.3 is 10.6 Å². The molecule has 4 rings (SSSR count). The molecule has 1 aromatic rings. The average Bonchev–Trinajstić information content (AvgIpc) is 2.27. The Bertz CT molecular complexity index is 428. The van der Waals surface area contributed by atoms with Crippen LogP contribution in [0.5, 0.6) is 0 Å². The Labute approximate surface area is 98.8 Å². The molecule has 2 unspecified atom stereocenters. The molecule has 3 nitrogen and oxygen atoms in total. The summed E-state index contributed by atoms with van der Waals surface area (Å²) in [6.07, 6.45) is 1.13. The Morgan fingerprint density at radius 3 is 2.18 bits per heavy atom. The number of likely N-dealkylation sites (N-methyl/N-ethyl adjacent to an activating group) is 1. The highest BCUT2D eigenvalue weighted by Crippen LogP contribution is 2.35. The van der Waals surface area contributed by atoms with Crippen LogP contribution in [0.1, 0.15) is 6.42 Å². The summed E-state index contributed by atoms with van der Waals surface area (Å²) < 4.78 is 27.5. The molecule has 0 saturated carbocycles. The molecule has 3 heterocycles. The highest BCUT2D eigenvalue weighted by molar-refractivity contribution is 5.56. The van der Waals surface area contributed by atoms with Crippen LogP contribution in [0.15, 0.2) is 12.1 Å². The lowest BCUT2D eigenvalue weighted by Crippen LogP contribution is -2.67. The third-order valence-corrected chi connectivity index (χ3v) is 3.91. The lowest BCUT2D eigenvalue weighted by atomic mass is 9.88. The monoisotopic (exact) mass is 239 g/mol. The van der Waals surface area contributed by atoms with E-state index >= 15 is 0 Å². The molecule has 0 amide bonds. The number of rotatable bonds is 1. The number of nitrogens with zero attached hydrogens (tertiary/aromatic N) is 2. The maximum atomic E-state index is 13.8. The summed E-state index contributed by atoms with van der Waals surface area (Å²) in [5, 5.41) is 0. The SMILES string of the molecule is CN1C2CC1CN(c1c(F)cc(N)cc1F)C2. The first kappa shape index (κ1) is 10.8. The fourth-order valence-corrected chi connectivity index (χ4v) is 2.87. The zero-order chi connectivity index (χ0) is 12.2. The van der Waals surface area contributed by atoms with Crippen molar-refractivity contribution in [1.29, 1.82) is 0 Å². The lowest BCUT2D eigenvalue weighted by molar-refractivity contribution is 0.0259. The molecule has 0 radical (unpaired) electrons. The fraction of sp³-hybridized carbons (Fsp3) is 0.500. The van der Waals surface area contributed by atoms with Crippen LogP contribution in [0.3, 0.4) is 0 Å². The van der Waals surface area contributed by atoms with Crippen LogP contribution in [0.2, 0.25) is 0 Å². The molecule has 2 N–H and O–H groups in total. The van der Waals surface area contributed by atoms with Crippen molar-refractivity contribution in [3.63, 3.8) is 0 Å². The van der Waals surface area contributed by atoms with E-state index in [0.717, 1.165) is 6.42 Å². The first-order valence-corrected chi connectivity index (χ1v) is 5.77. The van der Waals surface area contributed by atoms with Crippen LogP contribution in [-0.4, -0.2) is 37.1 Å². The summed E-state index contributed by atoms with van der Waals surface area (Å²) in [5.74, 6) is -1.13. The van der Waals surface area contributed by atoms with E-state index in [2.05, 4.69) is 11.9 Å². The van der Waals surface area contributed by atoms with Crippen molar-refractivity contribution in [1.82, 2.24) is 4.90 Å². The highest BCUT2D eigenvalue weighted by Gasteiger charge is 2.43. The molecule has 2 atom stereocenters. The van der Waals surface area contributed by atoms with E-state index in [1.807, 2.05) is 0 Å². The third-order valence-electron chi connectivity index (χ3n) is 3.91. The van der Waals surface area contributed by atoms with Gasteiger partial charge in [-0.05, 0) is 25.6 Å². The Hall–Kier alpha value is -1.36. The molecule has 0 aromatic heterocycles. The number of nitrogens with two attached hydrogens (primary N) is 1. The van der Waals surface area contributed by atoms with Crippen LogP contribution >= 0.6 is 0 Å². The Balaban J connectivity index is 1.91. The minimum Gasteiger partial charge on any atom is -0.399 e. The molecule has 3 aliphatic rings. The Morgan fingerprint density at radius 2 is 1.71 bits per heavy atom. The number of hydrogen-bond acceptors (Lipinski definition) is 3. The van der Waals surface area contributed by atoms with Crippen molar-refractivity contribution in [2.24, 2.45) is 0 Å². The summed E-state index contributed by atoms with van der Waals surface area (Å²) >= 11 is 0. The topological polar surface area (TPSA) is 32.5 Å². The smallest absolute Gasteiger partial charge is 0.151 e. The van der Waals surface area contributed by atoms with Gasteiger partial charge in [-0.3, -0.25) is 4.90 Å². The second-order valence-electron chi connectivity index (χ2n) is 4.95. The number of halogens is 2. The normalized spacial score (nSPS) is 28.1. The quantitative estimate of drug-likeness (QED) is 0.753. The predicted octanol–water partition coefficient (Wildman–Crippen LogP) is 1.44. The largest absolute Gasteiger partial charge is 0.399 e. The molecule has 17 heavy (non-hydrogen) atoms. The molecule has 3 aliphatic heterocycles. The number of benzene rings is 1. The first-order valence-electron chi connectivity index (χ1n) is 5.77. The van der Waals surface area contributed by atoms with Crippen molar-refractivity contribution in [3.05, 3.63) is 23.8 Å². The maximum Gasteiger partial charge on any atom is 0.151 e. The van der Waals surface area contributed by atoms with Gasteiger partial charge in [0, 0.05) is 30.9 Å². The van der Waals surface area contributed by atoms with E-state index in [1.165, 1.54) is 12.1 Å². The van der Waals surface area contributed by atoms with E-state index in [1.54, 1.807) is 4.90 Å². The lowest BCUT2D eigenvalue weighted by Gasteiger charge is -2.55. The zero-order valence-electron chi connectivity index (χ0n) is 9.66. The Kier molecular flexibility index (Phi) is 2.26. The van der Waals surface area contributed by atoms with Crippen LogP contribution in [-0.2, 0) is 0 Å². The number of anilines is 2. The number of piperidine rings is 1. The number of fused-ring (bicyclic) bond motifs is 2. The van der Waals surface area contributed by atoms with Crippen LogP contribution in [0.4, 0.5) is 20.2 Å². The molecule has 2 bridgehead atoms. The molecular formula is C12H15F2N3. The molecule has 0 aliphatic carbocycles. The molecule has 5 heteroatoms. The molecule has 0 spiro atoms. The van der Waals surface area contributed by atoms with Gasteiger partial charge in [0.15, 0.2) is 11.6 Å². The van der Waals surface area contributed by atoms with E-state index in [0.29, 0.717) is 25.2 Å². The van der Waals surface area contributed by atoms with Gasteiger partial charge in [0.1, 0.15) is 5.69 Å².